The van der Waals surface area contributed by atoms with Crippen molar-refractivity contribution < 1.29 is 23.4 Å². The largest absolute Gasteiger partial charge is 0.478 e. The van der Waals surface area contributed by atoms with Crippen LogP contribution in [0.25, 0.3) is 11.0 Å². The zero-order chi connectivity index (χ0) is 22.8. The Labute approximate surface area is 188 Å². The Morgan fingerprint density at radius 1 is 1.09 bits per heavy atom. The molecule has 0 saturated heterocycles. The highest BCUT2D eigenvalue weighted by atomic mass is 16.5. The summed E-state index contributed by atoms with van der Waals surface area (Å²) in [6.07, 6.45) is 4.82. The van der Waals surface area contributed by atoms with Gasteiger partial charge in [-0.05, 0) is 54.1 Å². The van der Waals surface area contributed by atoms with E-state index in [9.17, 15) is 9.59 Å². The third kappa shape index (κ3) is 4.16. The lowest BCUT2D eigenvalue weighted by Crippen LogP contribution is -2.31. The third-order valence-corrected chi connectivity index (χ3v) is 5.41. The minimum absolute atomic E-state index is 0.0543. The van der Waals surface area contributed by atoms with Gasteiger partial charge in [0.2, 0.25) is 11.2 Å². The van der Waals surface area contributed by atoms with Gasteiger partial charge in [-0.3, -0.25) is 14.7 Å². The molecule has 1 aliphatic heterocycles. The number of rotatable bonds is 5. The number of ether oxygens (including phenoxy) is 3. The Bertz CT molecular complexity index is 1370. The molecule has 4 aromatic rings. The standard InChI is InChI=1S/C25H20N2O6/c1-30-25(29)17-2-4-18(5-3-17)33-22-14-31-24-19(23(22)28)6-7-21-20(24)13-27(15-32-21)12-16-8-10-26-11-9-16/h2-11,14H,12-13,15H2,1H3. The van der Waals surface area contributed by atoms with Crippen LogP contribution in [-0.2, 0) is 17.8 Å². The van der Waals surface area contributed by atoms with Gasteiger partial charge in [-0.2, -0.15) is 0 Å². The first-order chi connectivity index (χ1) is 16.1. The van der Waals surface area contributed by atoms with E-state index in [2.05, 4.69) is 14.6 Å². The van der Waals surface area contributed by atoms with Crippen molar-refractivity contribution in [3.63, 3.8) is 0 Å². The summed E-state index contributed by atoms with van der Waals surface area (Å²) in [5.41, 5.74) is 2.51. The van der Waals surface area contributed by atoms with Crippen molar-refractivity contribution in [1.82, 2.24) is 9.88 Å². The quantitative estimate of drug-likeness (QED) is 0.425. The number of aromatic nitrogens is 1. The van der Waals surface area contributed by atoms with E-state index in [4.69, 9.17) is 13.9 Å². The summed E-state index contributed by atoms with van der Waals surface area (Å²) in [5.74, 6) is 0.707. The van der Waals surface area contributed by atoms with Crippen molar-refractivity contribution in [3.8, 4) is 17.2 Å². The lowest BCUT2D eigenvalue weighted by atomic mass is 10.1. The monoisotopic (exact) mass is 444 g/mol. The molecule has 2 aromatic carbocycles. The predicted octanol–water partition coefficient (Wildman–Crippen LogP) is 4.12. The molecule has 0 amide bonds. The van der Waals surface area contributed by atoms with Crippen molar-refractivity contribution in [1.29, 1.82) is 0 Å². The summed E-state index contributed by atoms with van der Waals surface area (Å²) < 4.78 is 22.2. The highest BCUT2D eigenvalue weighted by molar-refractivity contribution is 5.89. The van der Waals surface area contributed by atoms with Gasteiger partial charge in [-0.25, -0.2) is 4.79 Å². The molecule has 0 N–H and O–H groups in total. The SMILES string of the molecule is COC(=O)c1ccc(Oc2coc3c4c(ccc3c2=O)OCN(Cc2ccncc2)C4)cc1. The normalized spacial score (nSPS) is 13.2. The van der Waals surface area contributed by atoms with E-state index >= 15 is 0 Å². The van der Waals surface area contributed by atoms with Gasteiger partial charge in [0.1, 0.15) is 30.1 Å². The molecule has 0 bridgehead atoms. The van der Waals surface area contributed by atoms with E-state index in [1.165, 1.54) is 13.4 Å². The van der Waals surface area contributed by atoms with Crippen molar-refractivity contribution in [2.24, 2.45) is 0 Å². The first-order valence-corrected chi connectivity index (χ1v) is 10.3. The number of pyridine rings is 1. The number of methoxy groups -OCH3 is 1. The van der Waals surface area contributed by atoms with Crippen LogP contribution in [0.4, 0.5) is 0 Å². The number of esters is 1. The van der Waals surface area contributed by atoms with E-state index in [1.807, 2.05) is 12.1 Å². The summed E-state index contributed by atoms with van der Waals surface area (Å²) in [6, 6.07) is 13.7. The number of nitrogens with zero attached hydrogens (tertiary/aromatic N) is 2. The number of carbonyl (C=O) groups is 1. The van der Waals surface area contributed by atoms with Gasteiger partial charge in [-0.15, -0.1) is 0 Å². The molecule has 8 nitrogen and oxygen atoms in total. The van der Waals surface area contributed by atoms with Gasteiger partial charge in [0.15, 0.2) is 0 Å². The third-order valence-electron chi connectivity index (χ3n) is 5.41. The fraction of sp³-hybridized carbons (Fsp3) is 0.160. The van der Waals surface area contributed by atoms with Gasteiger partial charge < -0.3 is 18.6 Å². The van der Waals surface area contributed by atoms with Crippen LogP contribution in [0, 0.1) is 0 Å². The molecule has 0 atom stereocenters. The summed E-state index contributed by atoms with van der Waals surface area (Å²) >= 11 is 0. The molecule has 2 aromatic heterocycles. The number of fused-ring (bicyclic) bond motifs is 3. The van der Waals surface area contributed by atoms with Crippen molar-refractivity contribution in [3.05, 3.63) is 94.1 Å². The molecule has 0 unspecified atom stereocenters. The molecule has 5 rings (SSSR count). The summed E-state index contributed by atoms with van der Waals surface area (Å²) in [7, 11) is 1.31. The van der Waals surface area contributed by atoms with Crippen LogP contribution in [-0.4, -0.2) is 29.7 Å². The van der Waals surface area contributed by atoms with E-state index < -0.39 is 5.97 Å². The molecule has 8 heteroatoms. The molecule has 3 heterocycles. The maximum absolute atomic E-state index is 13.1. The maximum atomic E-state index is 13.1. The Kier molecular flexibility index (Phi) is 5.50. The minimum atomic E-state index is -0.447. The van der Waals surface area contributed by atoms with Crippen molar-refractivity contribution >= 4 is 16.9 Å². The lowest BCUT2D eigenvalue weighted by Gasteiger charge is -2.29. The molecular formula is C25H20N2O6. The zero-order valence-electron chi connectivity index (χ0n) is 17.8. The predicted molar refractivity (Wildman–Crippen MR) is 119 cm³/mol. The second-order valence-electron chi connectivity index (χ2n) is 7.58. The van der Waals surface area contributed by atoms with Gasteiger partial charge in [0.05, 0.1) is 23.6 Å². The van der Waals surface area contributed by atoms with Crippen LogP contribution < -0.4 is 14.9 Å². The molecule has 0 saturated carbocycles. The first-order valence-electron chi connectivity index (χ1n) is 10.3. The van der Waals surface area contributed by atoms with Gasteiger partial charge in [-0.1, -0.05) is 0 Å². The Morgan fingerprint density at radius 2 is 1.88 bits per heavy atom. The molecule has 33 heavy (non-hydrogen) atoms. The Morgan fingerprint density at radius 3 is 2.64 bits per heavy atom. The summed E-state index contributed by atoms with van der Waals surface area (Å²) in [6.45, 7) is 1.70. The van der Waals surface area contributed by atoms with Crippen LogP contribution >= 0.6 is 0 Å². The van der Waals surface area contributed by atoms with Gasteiger partial charge >= 0.3 is 5.97 Å². The molecule has 0 fully saturated rings. The van der Waals surface area contributed by atoms with Crippen LogP contribution in [0.3, 0.4) is 0 Å². The Balaban J connectivity index is 1.41. The molecule has 1 aliphatic rings. The van der Waals surface area contributed by atoms with Gasteiger partial charge in [0, 0.05) is 25.5 Å². The fourth-order valence-electron chi connectivity index (χ4n) is 3.76. The highest BCUT2D eigenvalue weighted by Crippen LogP contribution is 2.33. The zero-order valence-corrected chi connectivity index (χ0v) is 17.8. The summed E-state index contributed by atoms with van der Waals surface area (Å²) in [5, 5.41) is 0.409. The van der Waals surface area contributed by atoms with Crippen LogP contribution in [0.5, 0.6) is 17.2 Å². The fourth-order valence-corrected chi connectivity index (χ4v) is 3.76. The maximum Gasteiger partial charge on any atom is 0.337 e. The topological polar surface area (TPSA) is 91.1 Å². The molecule has 0 spiro atoms. The molecule has 166 valence electrons. The molecule has 0 aliphatic carbocycles. The second kappa shape index (κ2) is 8.76. The highest BCUT2D eigenvalue weighted by Gasteiger charge is 2.23. The number of benzene rings is 2. The molecular weight excluding hydrogens is 424 g/mol. The second-order valence-corrected chi connectivity index (χ2v) is 7.58. The van der Waals surface area contributed by atoms with Crippen LogP contribution in [0.1, 0.15) is 21.5 Å². The number of hydrogen-bond donors (Lipinski definition) is 0. The van der Waals surface area contributed by atoms with Crippen molar-refractivity contribution in [2.75, 3.05) is 13.8 Å². The average molecular weight is 444 g/mol. The van der Waals surface area contributed by atoms with E-state index in [0.717, 1.165) is 11.1 Å². The van der Waals surface area contributed by atoms with Crippen LogP contribution in [0.15, 0.2) is 76.4 Å². The minimum Gasteiger partial charge on any atom is -0.478 e. The van der Waals surface area contributed by atoms with Crippen molar-refractivity contribution in [2.45, 2.75) is 13.1 Å². The number of carbonyl (C=O) groups excluding carboxylic acids is 1. The van der Waals surface area contributed by atoms with Gasteiger partial charge in [0.25, 0.3) is 0 Å². The smallest absolute Gasteiger partial charge is 0.337 e. The average Bonchev–Trinajstić information content (AvgIpc) is 2.86. The lowest BCUT2D eigenvalue weighted by molar-refractivity contribution is 0.0600. The van der Waals surface area contributed by atoms with E-state index in [1.54, 1.807) is 48.8 Å². The summed E-state index contributed by atoms with van der Waals surface area (Å²) in [4.78, 5) is 30.8. The number of hydrogen-bond acceptors (Lipinski definition) is 8. The van der Waals surface area contributed by atoms with Crippen LogP contribution in [0.2, 0.25) is 0 Å². The molecule has 0 radical (unpaired) electrons. The van der Waals surface area contributed by atoms with E-state index in [0.29, 0.717) is 47.9 Å². The first kappa shape index (κ1) is 20.7. The van der Waals surface area contributed by atoms with E-state index in [-0.39, 0.29) is 11.2 Å². The Hall–Kier alpha value is -4.17.